The molecule has 1 aliphatic rings. The Morgan fingerprint density at radius 3 is 2.24 bits per heavy atom. The molecule has 0 aromatic heterocycles. The molecule has 5 rings (SSSR count). The van der Waals surface area contributed by atoms with Gasteiger partial charge in [0.1, 0.15) is 18.2 Å². The molecule has 4 aromatic rings. The van der Waals surface area contributed by atoms with E-state index in [-0.39, 0.29) is 41.2 Å². The van der Waals surface area contributed by atoms with Crippen molar-refractivity contribution in [1.82, 2.24) is 0 Å². The summed E-state index contributed by atoms with van der Waals surface area (Å²) in [6.07, 6.45) is 0.915. The molecule has 0 aliphatic carbocycles. The van der Waals surface area contributed by atoms with Gasteiger partial charge in [-0.1, -0.05) is 74.0 Å². The Bertz CT molecular complexity index is 1550. The summed E-state index contributed by atoms with van der Waals surface area (Å²) in [7, 11) is 0. The Hall–Kier alpha value is -4.52. The lowest BCUT2D eigenvalue weighted by atomic mass is 9.91. The van der Waals surface area contributed by atoms with E-state index in [1.165, 1.54) is 12.1 Å². The van der Waals surface area contributed by atoms with Gasteiger partial charge in [-0.05, 0) is 40.6 Å². The molecule has 0 atom stereocenters. The molecule has 0 unspecified atom stereocenters. The van der Waals surface area contributed by atoms with Crippen molar-refractivity contribution >= 4 is 34.2 Å². The topological polar surface area (TPSA) is 83.9 Å². The van der Waals surface area contributed by atoms with Crippen LogP contribution in [0.25, 0.3) is 10.8 Å². The van der Waals surface area contributed by atoms with Gasteiger partial charge in [0.2, 0.25) is 0 Å². The third-order valence-electron chi connectivity index (χ3n) is 6.44. The number of aliphatic carboxylic acids is 1. The van der Waals surface area contributed by atoms with Crippen molar-refractivity contribution in [3.05, 3.63) is 106 Å². The first kappa shape index (κ1) is 24.2. The maximum absolute atomic E-state index is 15.1. The molecule has 4 aromatic carbocycles. The van der Waals surface area contributed by atoms with E-state index in [0.717, 1.165) is 33.9 Å². The standard InChI is InChI=1S/C30H24FNO5/c1-2-8-21-20-11-6-7-12-22(20)28(37-17-18-9-4-3-5-10-18)27-26(21)29(35)32(30(27)36)24-14-13-19(15-23(24)31)16-25(33)34/h3-7,9-15H,2,8,16-17H2,1H3,(H,33,34). The minimum Gasteiger partial charge on any atom is -0.487 e. The fourth-order valence-electron chi connectivity index (χ4n) is 4.86. The number of amides is 2. The predicted molar refractivity (Wildman–Crippen MR) is 138 cm³/mol. The Labute approximate surface area is 212 Å². The number of carbonyl (C=O) groups is 3. The van der Waals surface area contributed by atoms with Crippen molar-refractivity contribution < 1.29 is 28.6 Å². The first-order valence-corrected chi connectivity index (χ1v) is 12.0. The van der Waals surface area contributed by atoms with Crippen molar-refractivity contribution in [3.8, 4) is 5.75 Å². The molecule has 0 saturated heterocycles. The summed E-state index contributed by atoms with van der Waals surface area (Å²) in [5.74, 6) is -2.96. The second kappa shape index (κ2) is 9.85. The van der Waals surface area contributed by atoms with Gasteiger partial charge in [-0.25, -0.2) is 9.29 Å². The Balaban J connectivity index is 1.67. The van der Waals surface area contributed by atoms with Gasteiger partial charge in [-0.2, -0.15) is 0 Å². The van der Waals surface area contributed by atoms with E-state index in [1.54, 1.807) is 0 Å². The molecule has 0 saturated carbocycles. The van der Waals surface area contributed by atoms with Crippen LogP contribution in [0.5, 0.6) is 5.75 Å². The summed E-state index contributed by atoms with van der Waals surface area (Å²) in [6, 6.07) is 20.7. The minimum absolute atomic E-state index is 0.122. The number of ether oxygens (including phenoxy) is 1. The summed E-state index contributed by atoms with van der Waals surface area (Å²) >= 11 is 0. The van der Waals surface area contributed by atoms with Crippen LogP contribution in [0, 0.1) is 5.82 Å². The van der Waals surface area contributed by atoms with Gasteiger partial charge in [0.05, 0.1) is 23.2 Å². The second-order valence-corrected chi connectivity index (χ2v) is 8.93. The first-order valence-electron chi connectivity index (χ1n) is 12.0. The van der Waals surface area contributed by atoms with Crippen LogP contribution < -0.4 is 9.64 Å². The quantitative estimate of drug-likeness (QED) is 0.305. The predicted octanol–water partition coefficient (Wildman–Crippen LogP) is 5.94. The highest BCUT2D eigenvalue weighted by molar-refractivity contribution is 6.37. The fourth-order valence-corrected chi connectivity index (χ4v) is 4.86. The molecule has 0 radical (unpaired) electrons. The largest absolute Gasteiger partial charge is 0.487 e. The first-order chi connectivity index (χ1) is 17.9. The zero-order valence-corrected chi connectivity index (χ0v) is 20.2. The number of hydrogen-bond acceptors (Lipinski definition) is 4. The zero-order valence-electron chi connectivity index (χ0n) is 20.2. The molecular formula is C30H24FNO5. The summed E-state index contributed by atoms with van der Waals surface area (Å²) in [5.41, 5.74) is 1.98. The third-order valence-corrected chi connectivity index (χ3v) is 6.44. The highest BCUT2D eigenvalue weighted by Gasteiger charge is 2.43. The molecule has 186 valence electrons. The van der Waals surface area contributed by atoms with E-state index >= 15 is 4.39 Å². The molecule has 7 heteroatoms. The van der Waals surface area contributed by atoms with E-state index in [1.807, 2.05) is 61.5 Å². The van der Waals surface area contributed by atoms with Crippen molar-refractivity contribution in [2.45, 2.75) is 32.8 Å². The van der Waals surface area contributed by atoms with Crippen LogP contribution in [0.2, 0.25) is 0 Å². The van der Waals surface area contributed by atoms with Crippen molar-refractivity contribution in [3.63, 3.8) is 0 Å². The monoisotopic (exact) mass is 497 g/mol. The number of rotatable bonds is 8. The van der Waals surface area contributed by atoms with Gasteiger partial charge in [0, 0.05) is 5.39 Å². The van der Waals surface area contributed by atoms with E-state index in [2.05, 4.69) is 0 Å². The van der Waals surface area contributed by atoms with Gasteiger partial charge in [-0.15, -0.1) is 0 Å². The van der Waals surface area contributed by atoms with E-state index < -0.39 is 23.6 Å². The highest BCUT2D eigenvalue weighted by Crippen LogP contribution is 2.43. The number of benzene rings is 4. The van der Waals surface area contributed by atoms with E-state index in [9.17, 15) is 14.4 Å². The van der Waals surface area contributed by atoms with Crippen LogP contribution in [0.15, 0.2) is 72.8 Å². The van der Waals surface area contributed by atoms with Crippen molar-refractivity contribution in [2.24, 2.45) is 0 Å². The molecule has 0 bridgehead atoms. The van der Waals surface area contributed by atoms with Gasteiger partial charge < -0.3 is 9.84 Å². The van der Waals surface area contributed by atoms with Gasteiger partial charge in [0.25, 0.3) is 11.8 Å². The van der Waals surface area contributed by atoms with Crippen LogP contribution in [0.4, 0.5) is 10.1 Å². The maximum atomic E-state index is 15.1. The molecular weight excluding hydrogens is 473 g/mol. The number of carbonyl (C=O) groups excluding carboxylic acids is 2. The van der Waals surface area contributed by atoms with Crippen LogP contribution >= 0.6 is 0 Å². The maximum Gasteiger partial charge on any atom is 0.307 e. The molecule has 6 nitrogen and oxygen atoms in total. The Kier molecular flexibility index (Phi) is 6.44. The van der Waals surface area contributed by atoms with E-state index in [0.29, 0.717) is 11.8 Å². The number of nitrogens with zero attached hydrogens (tertiary/aromatic N) is 1. The van der Waals surface area contributed by atoms with Crippen LogP contribution in [-0.4, -0.2) is 22.9 Å². The second-order valence-electron chi connectivity index (χ2n) is 8.93. The number of fused-ring (bicyclic) bond motifs is 2. The molecule has 1 N–H and O–H groups in total. The molecule has 0 fully saturated rings. The average Bonchev–Trinajstić information content (AvgIpc) is 3.14. The fraction of sp³-hybridized carbons (Fsp3) is 0.167. The van der Waals surface area contributed by atoms with Crippen LogP contribution in [0.3, 0.4) is 0 Å². The van der Waals surface area contributed by atoms with Crippen molar-refractivity contribution in [1.29, 1.82) is 0 Å². The van der Waals surface area contributed by atoms with E-state index in [4.69, 9.17) is 9.84 Å². The number of anilines is 1. The highest BCUT2D eigenvalue weighted by atomic mass is 19.1. The Morgan fingerprint density at radius 2 is 1.57 bits per heavy atom. The molecule has 0 spiro atoms. The van der Waals surface area contributed by atoms with Gasteiger partial charge >= 0.3 is 5.97 Å². The molecule has 2 amide bonds. The number of carboxylic acids is 1. The minimum atomic E-state index is -1.11. The number of imide groups is 1. The average molecular weight is 498 g/mol. The zero-order chi connectivity index (χ0) is 26.1. The summed E-state index contributed by atoms with van der Waals surface area (Å²) < 4.78 is 21.4. The third kappa shape index (κ3) is 4.33. The summed E-state index contributed by atoms with van der Waals surface area (Å²) in [6.45, 7) is 2.17. The molecule has 37 heavy (non-hydrogen) atoms. The van der Waals surface area contributed by atoms with Crippen molar-refractivity contribution in [2.75, 3.05) is 4.90 Å². The number of halogens is 1. The SMILES string of the molecule is CCCc1c2c(c(OCc3ccccc3)c3ccccc13)C(=O)N(c1ccc(CC(=O)O)cc1F)C2=O. The van der Waals surface area contributed by atoms with Gasteiger partial charge in [-0.3, -0.25) is 14.4 Å². The number of aryl methyl sites for hydroxylation is 1. The Morgan fingerprint density at radius 1 is 0.892 bits per heavy atom. The van der Waals surface area contributed by atoms with Crippen LogP contribution in [-0.2, 0) is 24.2 Å². The molecule has 1 heterocycles. The lowest BCUT2D eigenvalue weighted by Gasteiger charge is -2.16. The van der Waals surface area contributed by atoms with Gasteiger partial charge in [0.15, 0.2) is 0 Å². The lowest BCUT2D eigenvalue weighted by Crippen LogP contribution is -2.30. The summed E-state index contributed by atoms with van der Waals surface area (Å²) in [4.78, 5) is 39.5. The smallest absolute Gasteiger partial charge is 0.307 e. The number of carboxylic acid groups (broad SMARTS) is 1. The number of hydrogen-bond donors (Lipinski definition) is 1. The summed E-state index contributed by atoms with van der Waals surface area (Å²) in [5, 5.41) is 10.5. The van der Waals surface area contributed by atoms with Crippen LogP contribution in [0.1, 0.15) is 50.8 Å². The lowest BCUT2D eigenvalue weighted by molar-refractivity contribution is -0.136. The molecule has 1 aliphatic heterocycles. The normalized spacial score (nSPS) is 12.8.